The molecule has 28 heavy (non-hydrogen) atoms. The molecule has 1 heterocycles. The minimum Gasteiger partial charge on any atom is -0.497 e. The summed E-state index contributed by atoms with van der Waals surface area (Å²) in [6.07, 6.45) is 0.981. The second-order valence-electron chi connectivity index (χ2n) is 6.48. The Kier molecular flexibility index (Phi) is 5.99. The van der Waals surface area contributed by atoms with Crippen LogP contribution in [0.25, 0.3) is 11.0 Å². The zero-order valence-corrected chi connectivity index (χ0v) is 16.2. The van der Waals surface area contributed by atoms with E-state index in [-0.39, 0.29) is 5.91 Å². The number of hydrogen-bond donors (Lipinski definition) is 1. The van der Waals surface area contributed by atoms with E-state index in [1.807, 2.05) is 6.07 Å². The van der Waals surface area contributed by atoms with E-state index in [0.717, 1.165) is 23.8 Å². The molecule has 0 saturated carbocycles. The van der Waals surface area contributed by atoms with Gasteiger partial charge >= 0.3 is 5.63 Å². The maximum Gasteiger partial charge on any atom is 0.336 e. The number of hydrogen-bond acceptors (Lipinski definition) is 5. The molecule has 0 saturated heterocycles. The van der Waals surface area contributed by atoms with Crippen molar-refractivity contribution in [3.63, 3.8) is 0 Å². The van der Waals surface area contributed by atoms with E-state index >= 15 is 0 Å². The Morgan fingerprint density at radius 3 is 2.71 bits per heavy atom. The number of carbonyl (C=O) groups is 1. The minimum atomic E-state index is -0.741. The standard InChI is InChI=1S/C22H23NO5/c1-4-6-15-11-21(24)28-20-13-18(9-10-19(15)20)27-14(2)22(25)23-16-7-5-8-17(12-16)26-3/h5,7-14H,4,6H2,1-3H3,(H,23,25)/t14-/m0/s1. The van der Waals surface area contributed by atoms with Gasteiger partial charge in [-0.15, -0.1) is 0 Å². The minimum absolute atomic E-state index is 0.297. The van der Waals surface area contributed by atoms with Crippen molar-refractivity contribution in [3.05, 3.63) is 64.5 Å². The zero-order chi connectivity index (χ0) is 20.1. The van der Waals surface area contributed by atoms with E-state index in [4.69, 9.17) is 13.9 Å². The lowest BCUT2D eigenvalue weighted by molar-refractivity contribution is -0.122. The lowest BCUT2D eigenvalue weighted by Gasteiger charge is -2.15. The number of aryl methyl sites for hydroxylation is 1. The molecule has 2 aromatic carbocycles. The Morgan fingerprint density at radius 2 is 1.96 bits per heavy atom. The fraction of sp³-hybridized carbons (Fsp3) is 0.273. The van der Waals surface area contributed by atoms with Crippen molar-refractivity contribution in [2.45, 2.75) is 32.8 Å². The number of anilines is 1. The highest BCUT2D eigenvalue weighted by atomic mass is 16.5. The Morgan fingerprint density at radius 1 is 1.14 bits per heavy atom. The molecule has 0 aliphatic carbocycles. The molecule has 0 spiro atoms. The predicted molar refractivity (Wildman–Crippen MR) is 108 cm³/mol. The summed E-state index contributed by atoms with van der Waals surface area (Å²) in [4.78, 5) is 24.2. The van der Waals surface area contributed by atoms with E-state index < -0.39 is 11.7 Å². The van der Waals surface area contributed by atoms with Gasteiger partial charge in [-0.3, -0.25) is 4.79 Å². The first kappa shape index (κ1) is 19.5. The van der Waals surface area contributed by atoms with Crippen molar-refractivity contribution in [1.82, 2.24) is 0 Å². The van der Waals surface area contributed by atoms with Crippen LogP contribution in [-0.4, -0.2) is 19.1 Å². The smallest absolute Gasteiger partial charge is 0.336 e. The number of ether oxygens (including phenoxy) is 2. The number of fused-ring (bicyclic) bond motifs is 1. The average Bonchev–Trinajstić information content (AvgIpc) is 2.68. The monoisotopic (exact) mass is 381 g/mol. The number of methoxy groups -OCH3 is 1. The van der Waals surface area contributed by atoms with Crippen LogP contribution in [0.5, 0.6) is 11.5 Å². The summed E-state index contributed by atoms with van der Waals surface area (Å²) in [5.74, 6) is 0.811. The van der Waals surface area contributed by atoms with Gasteiger partial charge in [-0.1, -0.05) is 19.4 Å². The molecule has 6 nitrogen and oxygen atoms in total. The molecule has 0 fully saturated rings. The van der Waals surface area contributed by atoms with Crippen molar-refractivity contribution in [1.29, 1.82) is 0 Å². The molecule has 0 bridgehead atoms. The van der Waals surface area contributed by atoms with Gasteiger partial charge in [-0.05, 0) is 43.2 Å². The highest BCUT2D eigenvalue weighted by Crippen LogP contribution is 2.24. The topological polar surface area (TPSA) is 77.8 Å². The van der Waals surface area contributed by atoms with Gasteiger partial charge in [0.1, 0.15) is 17.1 Å². The number of amides is 1. The summed E-state index contributed by atoms with van der Waals surface area (Å²) < 4.78 is 16.2. The molecule has 1 amide bonds. The molecular formula is C22H23NO5. The van der Waals surface area contributed by atoms with Crippen molar-refractivity contribution in [2.24, 2.45) is 0 Å². The Bertz CT molecular complexity index is 1040. The highest BCUT2D eigenvalue weighted by molar-refractivity contribution is 5.94. The van der Waals surface area contributed by atoms with E-state index in [0.29, 0.717) is 22.8 Å². The predicted octanol–water partition coefficient (Wildman–Crippen LogP) is 4.16. The zero-order valence-electron chi connectivity index (χ0n) is 16.2. The third kappa shape index (κ3) is 4.52. The van der Waals surface area contributed by atoms with Crippen LogP contribution in [0.15, 0.2) is 57.7 Å². The fourth-order valence-corrected chi connectivity index (χ4v) is 2.96. The van der Waals surface area contributed by atoms with Gasteiger partial charge in [0.25, 0.3) is 5.91 Å². The normalized spacial score (nSPS) is 11.8. The van der Waals surface area contributed by atoms with Crippen LogP contribution in [0, 0.1) is 0 Å². The van der Waals surface area contributed by atoms with Crippen LogP contribution in [0.4, 0.5) is 5.69 Å². The summed E-state index contributed by atoms with van der Waals surface area (Å²) in [6.45, 7) is 3.71. The summed E-state index contributed by atoms with van der Waals surface area (Å²) in [5, 5.41) is 3.67. The van der Waals surface area contributed by atoms with Crippen molar-refractivity contribution < 1.29 is 18.7 Å². The molecule has 0 aliphatic heterocycles. The summed E-state index contributed by atoms with van der Waals surface area (Å²) in [5.41, 5.74) is 1.63. The van der Waals surface area contributed by atoms with E-state index in [2.05, 4.69) is 12.2 Å². The van der Waals surface area contributed by atoms with Gasteiger partial charge in [0.05, 0.1) is 7.11 Å². The average molecular weight is 381 g/mol. The van der Waals surface area contributed by atoms with Crippen LogP contribution in [-0.2, 0) is 11.2 Å². The molecule has 6 heteroatoms. The first-order valence-electron chi connectivity index (χ1n) is 9.18. The molecule has 1 aromatic heterocycles. The summed E-state index contributed by atoms with van der Waals surface area (Å²) in [7, 11) is 1.57. The third-order valence-corrected chi connectivity index (χ3v) is 4.34. The molecule has 0 aliphatic rings. The van der Waals surface area contributed by atoms with Gasteiger partial charge < -0.3 is 19.2 Å². The fourth-order valence-electron chi connectivity index (χ4n) is 2.96. The van der Waals surface area contributed by atoms with Crippen molar-refractivity contribution in [2.75, 3.05) is 12.4 Å². The van der Waals surface area contributed by atoms with Crippen LogP contribution in [0.3, 0.4) is 0 Å². The largest absolute Gasteiger partial charge is 0.497 e. The Labute approximate surface area is 163 Å². The second-order valence-corrected chi connectivity index (χ2v) is 6.48. The second kappa shape index (κ2) is 8.61. The van der Waals surface area contributed by atoms with Gasteiger partial charge in [-0.2, -0.15) is 0 Å². The molecule has 3 rings (SSSR count). The molecule has 146 valence electrons. The molecule has 3 aromatic rings. The Hall–Kier alpha value is -3.28. The number of benzene rings is 2. The van der Waals surface area contributed by atoms with E-state index in [1.165, 1.54) is 6.07 Å². The van der Waals surface area contributed by atoms with Crippen LogP contribution in [0.1, 0.15) is 25.8 Å². The van der Waals surface area contributed by atoms with Crippen LogP contribution < -0.4 is 20.4 Å². The van der Waals surface area contributed by atoms with Crippen LogP contribution in [0.2, 0.25) is 0 Å². The molecular weight excluding hydrogens is 358 g/mol. The molecule has 1 atom stereocenters. The maximum atomic E-state index is 12.4. The van der Waals surface area contributed by atoms with Gasteiger partial charge in [0.2, 0.25) is 0 Å². The quantitative estimate of drug-likeness (QED) is 0.622. The van der Waals surface area contributed by atoms with Gasteiger partial charge in [0, 0.05) is 29.3 Å². The van der Waals surface area contributed by atoms with E-state index in [1.54, 1.807) is 50.4 Å². The Balaban J connectivity index is 1.75. The molecule has 0 radical (unpaired) electrons. The summed E-state index contributed by atoms with van der Waals surface area (Å²) >= 11 is 0. The number of nitrogens with one attached hydrogen (secondary N) is 1. The maximum absolute atomic E-state index is 12.4. The third-order valence-electron chi connectivity index (χ3n) is 4.34. The SMILES string of the molecule is CCCc1cc(=O)oc2cc(O[C@@H](C)C(=O)Nc3cccc(OC)c3)ccc12. The number of carbonyl (C=O) groups excluding carboxylic acids is 1. The van der Waals surface area contributed by atoms with Crippen molar-refractivity contribution >= 4 is 22.6 Å². The first-order chi connectivity index (χ1) is 13.5. The van der Waals surface area contributed by atoms with E-state index in [9.17, 15) is 9.59 Å². The lowest BCUT2D eigenvalue weighted by Crippen LogP contribution is -2.30. The lowest BCUT2D eigenvalue weighted by atomic mass is 10.1. The van der Waals surface area contributed by atoms with Gasteiger partial charge in [-0.25, -0.2) is 4.79 Å². The molecule has 0 unspecified atom stereocenters. The number of rotatable bonds is 7. The first-order valence-corrected chi connectivity index (χ1v) is 9.18. The van der Waals surface area contributed by atoms with Gasteiger partial charge in [0.15, 0.2) is 6.10 Å². The molecule has 1 N–H and O–H groups in total. The summed E-state index contributed by atoms with van der Waals surface area (Å²) in [6, 6.07) is 13.9. The van der Waals surface area contributed by atoms with Crippen LogP contribution >= 0.6 is 0 Å². The highest BCUT2D eigenvalue weighted by Gasteiger charge is 2.16. The van der Waals surface area contributed by atoms with Crippen molar-refractivity contribution in [3.8, 4) is 11.5 Å².